The van der Waals surface area contributed by atoms with Crippen LogP contribution in [-0.2, 0) is 17.8 Å². The third-order valence-electron chi connectivity index (χ3n) is 6.29. The topological polar surface area (TPSA) is 34.0 Å². The largest absolute Gasteiger partial charge is 0.354 e. The van der Waals surface area contributed by atoms with Crippen molar-refractivity contribution in [1.29, 1.82) is 0 Å². The molecular weight excluding hydrogens is 428 g/mol. The number of hydrogen-bond donors (Lipinski definition) is 1. The van der Waals surface area contributed by atoms with Gasteiger partial charge in [-0.2, -0.15) is 0 Å². The van der Waals surface area contributed by atoms with Gasteiger partial charge in [-0.25, -0.2) is 0 Å². The number of rotatable bonds is 9. The summed E-state index contributed by atoms with van der Waals surface area (Å²) in [5.74, 6) is -0.00316. The highest BCUT2D eigenvalue weighted by Crippen LogP contribution is 2.35. The van der Waals surface area contributed by atoms with E-state index in [4.69, 9.17) is 11.6 Å². The Kier molecular flexibility index (Phi) is 7.51. The monoisotopic (exact) mass is 458 g/mol. The number of fused-ring (bicyclic) bond motifs is 1. The third kappa shape index (κ3) is 5.66. The number of aryl methyl sites for hydroxylation is 2. The maximum atomic E-state index is 13.2. The molecule has 0 saturated heterocycles. The van der Waals surface area contributed by atoms with E-state index in [2.05, 4.69) is 84.5 Å². The molecule has 0 radical (unpaired) electrons. The van der Waals surface area contributed by atoms with Crippen LogP contribution in [-0.4, -0.2) is 16.5 Å². The maximum absolute atomic E-state index is 13.2. The summed E-state index contributed by atoms with van der Waals surface area (Å²) in [6.07, 6.45) is 4.44. The SMILES string of the molecule is CCn1cc([C@H](CC(=O)N[C@H](C)CCc2ccccc2)c2cccc(Cl)c2)c2ccccc21. The Labute approximate surface area is 201 Å². The quantitative estimate of drug-likeness (QED) is 0.288. The number of nitrogens with one attached hydrogen (secondary N) is 1. The standard InChI is InChI=1S/C29H31ClN2O/c1-3-32-20-27(25-14-7-8-15-28(25)32)26(23-12-9-13-24(30)18-23)19-29(33)31-21(2)16-17-22-10-5-4-6-11-22/h4-15,18,20-21,26H,3,16-17,19H2,1-2H3,(H,31,33)/t21-,26-/m1/s1. The van der Waals surface area contributed by atoms with E-state index in [1.54, 1.807) is 0 Å². The molecule has 2 atom stereocenters. The molecule has 1 amide bonds. The lowest BCUT2D eigenvalue weighted by molar-refractivity contribution is -0.121. The average molecular weight is 459 g/mol. The number of benzene rings is 3. The van der Waals surface area contributed by atoms with Gasteiger partial charge in [-0.1, -0.05) is 72.3 Å². The normalized spacial score (nSPS) is 13.1. The van der Waals surface area contributed by atoms with Crippen LogP contribution in [0.25, 0.3) is 10.9 Å². The average Bonchev–Trinajstić information content (AvgIpc) is 3.20. The summed E-state index contributed by atoms with van der Waals surface area (Å²) in [5.41, 5.74) is 4.72. The summed E-state index contributed by atoms with van der Waals surface area (Å²) in [4.78, 5) is 13.2. The van der Waals surface area contributed by atoms with Gasteiger partial charge in [-0.05, 0) is 61.6 Å². The molecule has 0 saturated carbocycles. The van der Waals surface area contributed by atoms with E-state index in [0.29, 0.717) is 11.4 Å². The van der Waals surface area contributed by atoms with Crippen molar-refractivity contribution in [3.8, 4) is 0 Å². The zero-order valence-corrected chi connectivity index (χ0v) is 20.1. The summed E-state index contributed by atoms with van der Waals surface area (Å²) >= 11 is 6.34. The van der Waals surface area contributed by atoms with Gasteiger partial charge >= 0.3 is 0 Å². The van der Waals surface area contributed by atoms with Gasteiger partial charge in [-0.15, -0.1) is 0 Å². The molecule has 4 rings (SSSR count). The Morgan fingerprint density at radius 2 is 1.76 bits per heavy atom. The van der Waals surface area contributed by atoms with Gasteiger partial charge in [0.05, 0.1) is 0 Å². The van der Waals surface area contributed by atoms with Gasteiger partial charge in [0.1, 0.15) is 0 Å². The van der Waals surface area contributed by atoms with Crippen molar-refractivity contribution in [2.24, 2.45) is 0 Å². The molecular formula is C29H31ClN2O. The number of aromatic nitrogens is 1. The molecule has 0 spiro atoms. The first-order valence-corrected chi connectivity index (χ1v) is 12.1. The van der Waals surface area contributed by atoms with Crippen molar-refractivity contribution >= 4 is 28.4 Å². The Morgan fingerprint density at radius 3 is 2.52 bits per heavy atom. The minimum absolute atomic E-state index is 0.0638. The predicted molar refractivity (Wildman–Crippen MR) is 138 cm³/mol. The lowest BCUT2D eigenvalue weighted by Crippen LogP contribution is -2.33. The lowest BCUT2D eigenvalue weighted by Gasteiger charge is -2.20. The fourth-order valence-corrected chi connectivity index (χ4v) is 4.76. The maximum Gasteiger partial charge on any atom is 0.221 e. The number of carbonyl (C=O) groups is 1. The Hall–Kier alpha value is -3.04. The molecule has 0 aliphatic heterocycles. The fraction of sp³-hybridized carbons (Fsp3) is 0.276. The number of hydrogen-bond acceptors (Lipinski definition) is 1. The number of halogens is 1. The van der Waals surface area contributed by atoms with Crippen LogP contribution in [0.1, 0.15) is 49.3 Å². The van der Waals surface area contributed by atoms with Gasteiger partial charge in [0.15, 0.2) is 0 Å². The van der Waals surface area contributed by atoms with Crippen LogP contribution < -0.4 is 5.32 Å². The first kappa shape index (κ1) is 23.1. The van der Waals surface area contributed by atoms with Gasteiger partial charge in [0.2, 0.25) is 5.91 Å². The summed E-state index contributed by atoms with van der Waals surface area (Å²) in [6, 6.07) is 26.8. The summed E-state index contributed by atoms with van der Waals surface area (Å²) in [6.45, 7) is 5.11. The molecule has 4 aromatic rings. The van der Waals surface area contributed by atoms with Crippen LogP contribution in [0, 0.1) is 0 Å². The second kappa shape index (κ2) is 10.7. The molecule has 33 heavy (non-hydrogen) atoms. The number of carbonyl (C=O) groups excluding carboxylic acids is 1. The van der Waals surface area contributed by atoms with Crippen LogP contribution in [0.5, 0.6) is 0 Å². The lowest BCUT2D eigenvalue weighted by atomic mass is 9.88. The zero-order chi connectivity index (χ0) is 23.2. The van der Waals surface area contributed by atoms with E-state index in [1.807, 2.05) is 24.3 Å². The van der Waals surface area contributed by atoms with E-state index in [-0.39, 0.29) is 17.9 Å². The molecule has 0 fully saturated rings. The summed E-state index contributed by atoms with van der Waals surface area (Å²) in [7, 11) is 0. The molecule has 1 N–H and O–H groups in total. The van der Waals surface area contributed by atoms with Crippen molar-refractivity contribution in [2.45, 2.75) is 51.6 Å². The van der Waals surface area contributed by atoms with Crippen LogP contribution in [0.3, 0.4) is 0 Å². The molecule has 0 aliphatic rings. The highest BCUT2D eigenvalue weighted by atomic mass is 35.5. The van der Waals surface area contributed by atoms with Gasteiger partial charge < -0.3 is 9.88 Å². The van der Waals surface area contributed by atoms with Crippen molar-refractivity contribution in [1.82, 2.24) is 9.88 Å². The highest BCUT2D eigenvalue weighted by Gasteiger charge is 2.23. The molecule has 1 aromatic heterocycles. The van der Waals surface area contributed by atoms with E-state index in [9.17, 15) is 4.79 Å². The first-order chi connectivity index (χ1) is 16.0. The van der Waals surface area contributed by atoms with Crippen molar-refractivity contribution in [2.75, 3.05) is 0 Å². The van der Waals surface area contributed by atoms with Crippen molar-refractivity contribution in [3.63, 3.8) is 0 Å². The van der Waals surface area contributed by atoms with Crippen LogP contribution >= 0.6 is 11.6 Å². The van der Waals surface area contributed by atoms with Gasteiger partial charge in [-0.3, -0.25) is 4.79 Å². The van der Waals surface area contributed by atoms with Crippen LogP contribution in [0.2, 0.25) is 5.02 Å². The molecule has 0 aliphatic carbocycles. The van der Waals surface area contributed by atoms with E-state index < -0.39 is 0 Å². The number of para-hydroxylation sites is 1. The second-order valence-electron chi connectivity index (χ2n) is 8.69. The number of amides is 1. The first-order valence-electron chi connectivity index (χ1n) is 11.7. The van der Waals surface area contributed by atoms with Crippen molar-refractivity contribution < 1.29 is 4.79 Å². The molecule has 4 heteroatoms. The molecule has 0 unspecified atom stereocenters. The molecule has 3 aromatic carbocycles. The molecule has 3 nitrogen and oxygen atoms in total. The third-order valence-corrected chi connectivity index (χ3v) is 6.53. The molecule has 170 valence electrons. The number of nitrogens with zero attached hydrogens (tertiary/aromatic N) is 1. The predicted octanol–water partition coefficient (Wildman–Crippen LogP) is 6.97. The van der Waals surface area contributed by atoms with Crippen molar-refractivity contribution in [3.05, 3.63) is 107 Å². The summed E-state index contributed by atoms with van der Waals surface area (Å²) in [5, 5.41) is 5.10. The minimum Gasteiger partial charge on any atom is -0.354 e. The second-order valence-corrected chi connectivity index (χ2v) is 9.13. The molecule has 1 heterocycles. The molecule has 0 bridgehead atoms. The van der Waals surface area contributed by atoms with Crippen LogP contribution in [0.4, 0.5) is 0 Å². The van der Waals surface area contributed by atoms with E-state index in [1.165, 1.54) is 22.0 Å². The van der Waals surface area contributed by atoms with E-state index >= 15 is 0 Å². The Morgan fingerprint density at radius 1 is 1.00 bits per heavy atom. The zero-order valence-electron chi connectivity index (χ0n) is 19.3. The Balaban J connectivity index is 1.56. The highest BCUT2D eigenvalue weighted by molar-refractivity contribution is 6.30. The Bertz CT molecular complexity index is 1210. The van der Waals surface area contributed by atoms with Gasteiger partial charge in [0.25, 0.3) is 0 Å². The fourth-order valence-electron chi connectivity index (χ4n) is 4.56. The van der Waals surface area contributed by atoms with E-state index in [0.717, 1.165) is 24.9 Å². The summed E-state index contributed by atoms with van der Waals surface area (Å²) < 4.78 is 2.25. The van der Waals surface area contributed by atoms with Gasteiger partial charge in [0, 0.05) is 47.0 Å². The smallest absolute Gasteiger partial charge is 0.221 e. The minimum atomic E-state index is -0.0669. The van der Waals surface area contributed by atoms with Crippen LogP contribution in [0.15, 0.2) is 85.1 Å².